The number of nitrogens with zero attached hydrogens (tertiary/aromatic N) is 3. The van der Waals surface area contributed by atoms with Gasteiger partial charge in [0.1, 0.15) is 0 Å². The lowest BCUT2D eigenvalue weighted by Gasteiger charge is -2.34. The molecule has 0 radical (unpaired) electrons. The van der Waals surface area contributed by atoms with Gasteiger partial charge in [-0.2, -0.15) is 4.98 Å². The summed E-state index contributed by atoms with van der Waals surface area (Å²) in [5, 5.41) is 9.78. The van der Waals surface area contributed by atoms with Crippen molar-refractivity contribution in [3.63, 3.8) is 0 Å². The molecule has 1 aliphatic rings. The number of anilines is 1. The van der Waals surface area contributed by atoms with E-state index in [1.807, 2.05) is 11.8 Å². The SMILES string of the molecule is CC1COCCN1c1nc(Cl)ncc1O. The van der Waals surface area contributed by atoms with E-state index in [0.29, 0.717) is 25.6 Å². The summed E-state index contributed by atoms with van der Waals surface area (Å²) in [7, 11) is 0. The molecule has 0 saturated carbocycles. The molecule has 15 heavy (non-hydrogen) atoms. The molecule has 1 fully saturated rings. The van der Waals surface area contributed by atoms with Crippen molar-refractivity contribution < 1.29 is 9.84 Å². The van der Waals surface area contributed by atoms with E-state index in [-0.39, 0.29) is 17.1 Å². The molecule has 2 rings (SSSR count). The molecule has 0 aromatic carbocycles. The van der Waals surface area contributed by atoms with E-state index in [0.717, 1.165) is 0 Å². The maximum Gasteiger partial charge on any atom is 0.224 e. The largest absolute Gasteiger partial charge is 0.503 e. The van der Waals surface area contributed by atoms with Crippen LogP contribution in [-0.4, -0.2) is 40.9 Å². The predicted molar refractivity (Wildman–Crippen MR) is 56.3 cm³/mol. The third kappa shape index (κ3) is 2.13. The van der Waals surface area contributed by atoms with Gasteiger partial charge in [0.25, 0.3) is 0 Å². The van der Waals surface area contributed by atoms with Crippen LogP contribution < -0.4 is 4.90 Å². The van der Waals surface area contributed by atoms with Crippen LogP contribution in [0.3, 0.4) is 0 Å². The average Bonchev–Trinajstić information content (AvgIpc) is 2.23. The molecule has 1 atom stereocenters. The number of halogens is 1. The van der Waals surface area contributed by atoms with E-state index < -0.39 is 0 Å². The molecule has 82 valence electrons. The van der Waals surface area contributed by atoms with E-state index in [9.17, 15) is 5.11 Å². The number of hydrogen-bond donors (Lipinski definition) is 1. The fourth-order valence-electron chi connectivity index (χ4n) is 1.60. The highest BCUT2D eigenvalue weighted by Gasteiger charge is 2.23. The number of ether oxygens (including phenoxy) is 1. The fraction of sp³-hybridized carbons (Fsp3) is 0.556. The van der Waals surface area contributed by atoms with Gasteiger partial charge in [0, 0.05) is 6.54 Å². The molecule has 0 bridgehead atoms. The van der Waals surface area contributed by atoms with Crippen LogP contribution >= 0.6 is 11.6 Å². The molecule has 1 aromatic heterocycles. The Morgan fingerprint density at radius 2 is 2.47 bits per heavy atom. The van der Waals surface area contributed by atoms with E-state index >= 15 is 0 Å². The Bertz CT molecular complexity index is 361. The molecule has 0 spiro atoms. The summed E-state index contributed by atoms with van der Waals surface area (Å²) in [5.74, 6) is 0.527. The number of rotatable bonds is 1. The van der Waals surface area contributed by atoms with Crippen LogP contribution in [0.25, 0.3) is 0 Å². The molecule has 0 aliphatic carbocycles. The van der Waals surface area contributed by atoms with Crippen LogP contribution in [0.2, 0.25) is 5.28 Å². The lowest BCUT2D eigenvalue weighted by atomic mass is 10.2. The third-order valence-electron chi connectivity index (χ3n) is 2.36. The van der Waals surface area contributed by atoms with E-state index in [1.54, 1.807) is 0 Å². The maximum atomic E-state index is 9.64. The van der Waals surface area contributed by atoms with Crippen molar-refractivity contribution in [2.45, 2.75) is 13.0 Å². The number of morpholine rings is 1. The van der Waals surface area contributed by atoms with Crippen molar-refractivity contribution in [3.8, 4) is 5.75 Å². The molecule has 5 nitrogen and oxygen atoms in total. The molecule has 1 unspecified atom stereocenters. The molecular formula is C9H12ClN3O2. The van der Waals surface area contributed by atoms with Gasteiger partial charge in [-0.25, -0.2) is 4.98 Å². The zero-order chi connectivity index (χ0) is 10.8. The van der Waals surface area contributed by atoms with Gasteiger partial charge in [0.05, 0.1) is 25.5 Å². The summed E-state index contributed by atoms with van der Waals surface area (Å²) in [6.07, 6.45) is 1.31. The summed E-state index contributed by atoms with van der Waals surface area (Å²) < 4.78 is 5.30. The van der Waals surface area contributed by atoms with Gasteiger partial charge >= 0.3 is 0 Å². The molecule has 1 aliphatic heterocycles. The Balaban J connectivity index is 2.30. The van der Waals surface area contributed by atoms with Gasteiger partial charge in [0.2, 0.25) is 5.28 Å². The predicted octanol–water partition coefficient (Wildman–Crippen LogP) is 1.06. The lowest BCUT2D eigenvalue weighted by Crippen LogP contribution is -2.44. The summed E-state index contributed by atoms with van der Waals surface area (Å²) >= 11 is 5.69. The second kappa shape index (κ2) is 4.20. The van der Waals surface area contributed by atoms with Gasteiger partial charge in [0.15, 0.2) is 11.6 Å². The standard InChI is InChI=1S/C9H12ClN3O2/c1-6-5-15-3-2-13(6)8-7(14)4-11-9(10)12-8/h4,6,14H,2-3,5H2,1H3. The van der Waals surface area contributed by atoms with E-state index in [4.69, 9.17) is 16.3 Å². The van der Waals surface area contributed by atoms with Crippen molar-refractivity contribution in [1.29, 1.82) is 0 Å². The van der Waals surface area contributed by atoms with Crippen LogP contribution in [0.15, 0.2) is 6.20 Å². The first kappa shape index (κ1) is 10.4. The van der Waals surface area contributed by atoms with E-state index in [2.05, 4.69) is 9.97 Å². The molecule has 0 amide bonds. The zero-order valence-electron chi connectivity index (χ0n) is 8.35. The topological polar surface area (TPSA) is 58.5 Å². The Morgan fingerprint density at radius 1 is 1.67 bits per heavy atom. The number of aromatic hydroxyl groups is 1. The maximum absolute atomic E-state index is 9.64. The van der Waals surface area contributed by atoms with Crippen LogP contribution in [0.1, 0.15) is 6.92 Å². The molecule has 6 heteroatoms. The minimum atomic E-state index is 0.0492. The van der Waals surface area contributed by atoms with Gasteiger partial charge in [-0.3, -0.25) is 0 Å². The Kier molecular flexibility index (Phi) is 2.93. The highest BCUT2D eigenvalue weighted by atomic mass is 35.5. The highest BCUT2D eigenvalue weighted by Crippen LogP contribution is 2.27. The van der Waals surface area contributed by atoms with Crippen LogP contribution in [0, 0.1) is 0 Å². The summed E-state index contributed by atoms with van der Waals surface area (Å²) in [6.45, 7) is 3.96. The molecule has 1 saturated heterocycles. The van der Waals surface area contributed by atoms with Crippen LogP contribution in [0.5, 0.6) is 5.75 Å². The summed E-state index contributed by atoms with van der Waals surface area (Å²) in [5.41, 5.74) is 0. The zero-order valence-corrected chi connectivity index (χ0v) is 9.11. The lowest BCUT2D eigenvalue weighted by molar-refractivity contribution is 0.0982. The van der Waals surface area contributed by atoms with Crippen molar-refractivity contribution in [3.05, 3.63) is 11.5 Å². The van der Waals surface area contributed by atoms with Crippen LogP contribution in [0.4, 0.5) is 5.82 Å². The van der Waals surface area contributed by atoms with Crippen molar-refractivity contribution in [1.82, 2.24) is 9.97 Å². The summed E-state index contributed by atoms with van der Waals surface area (Å²) in [6, 6.07) is 0.176. The average molecular weight is 230 g/mol. The highest BCUT2D eigenvalue weighted by molar-refractivity contribution is 6.28. The number of aromatic nitrogens is 2. The van der Waals surface area contributed by atoms with Crippen LogP contribution in [-0.2, 0) is 4.74 Å². The normalized spacial score (nSPS) is 21.7. The van der Waals surface area contributed by atoms with Gasteiger partial charge in [-0.1, -0.05) is 0 Å². The van der Waals surface area contributed by atoms with Gasteiger partial charge in [-0.05, 0) is 18.5 Å². The molecule has 2 heterocycles. The van der Waals surface area contributed by atoms with Gasteiger partial charge in [-0.15, -0.1) is 0 Å². The molecule has 1 aromatic rings. The molecule has 1 N–H and O–H groups in total. The minimum absolute atomic E-state index is 0.0492. The smallest absolute Gasteiger partial charge is 0.224 e. The first-order chi connectivity index (χ1) is 7.18. The second-order valence-corrected chi connectivity index (χ2v) is 3.80. The monoisotopic (exact) mass is 229 g/mol. The second-order valence-electron chi connectivity index (χ2n) is 3.47. The fourth-order valence-corrected chi connectivity index (χ4v) is 1.73. The number of hydrogen-bond acceptors (Lipinski definition) is 5. The Labute approximate surface area is 92.7 Å². The van der Waals surface area contributed by atoms with Crippen molar-refractivity contribution in [2.75, 3.05) is 24.7 Å². The first-order valence-corrected chi connectivity index (χ1v) is 5.12. The quantitative estimate of drug-likeness (QED) is 0.730. The van der Waals surface area contributed by atoms with Crippen molar-refractivity contribution >= 4 is 17.4 Å². The Morgan fingerprint density at radius 3 is 3.20 bits per heavy atom. The van der Waals surface area contributed by atoms with Crippen molar-refractivity contribution in [2.24, 2.45) is 0 Å². The molecular weight excluding hydrogens is 218 g/mol. The third-order valence-corrected chi connectivity index (χ3v) is 2.54. The Hall–Kier alpha value is -1.07. The first-order valence-electron chi connectivity index (χ1n) is 4.74. The van der Waals surface area contributed by atoms with E-state index in [1.165, 1.54) is 6.20 Å². The summed E-state index contributed by atoms with van der Waals surface area (Å²) in [4.78, 5) is 9.69. The minimum Gasteiger partial charge on any atom is -0.503 e. The van der Waals surface area contributed by atoms with Gasteiger partial charge < -0.3 is 14.7 Å².